The van der Waals surface area contributed by atoms with E-state index in [0.29, 0.717) is 34.4 Å². The van der Waals surface area contributed by atoms with E-state index in [1.54, 1.807) is 7.11 Å². The van der Waals surface area contributed by atoms with Crippen LogP contribution < -0.4 is 19.5 Å². The molecule has 2 aromatic rings. The first-order valence-corrected chi connectivity index (χ1v) is 11.0. The van der Waals surface area contributed by atoms with E-state index in [9.17, 15) is 0 Å². The van der Waals surface area contributed by atoms with E-state index < -0.39 is 0 Å². The number of nitrogens with one attached hydrogen (secondary N) is 1. The van der Waals surface area contributed by atoms with Gasteiger partial charge in [0.05, 0.1) is 19.8 Å². The van der Waals surface area contributed by atoms with Crippen LogP contribution in [-0.2, 0) is 0 Å². The lowest BCUT2D eigenvalue weighted by Gasteiger charge is -2.16. The van der Waals surface area contributed by atoms with Crippen molar-refractivity contribution in [1.82, 2.24) is 9.97 Å². The Hall–Kier alpha value is -2.02. The van der Waals surface area contributed by atoms with Crippen molar-refractivity contribution >= 4 is 21.7 Å². The minimum absolute atomic E-state index is 0.0892. The van der Waals surface area contributed by atoms with Crippen molar-refractivity contribution < 1.29 is 14.2 Å². The van der Waals surface area contributed by atoms with Gasteiger partial charge in [0.1, 0.15) is 21.8 Å². The third-order valence-corrected chi connectivity index (χ3v) is 4.90. The molecule has 29 heavy (non-hydrogen) atoms. The molecule has 2 rings (SSSR count). The number of unbranched alkanes of at least 4 members (excludes halogenated alkanes) is 4. The molecule has 0 amide bonds. The van der Waals surface area contributed by atoms with Crippen LogP contribution in [0.3, 0.4) is 0 Å². The molecule has 0 unspecified atom stereocenters. The van der Waals surface area contributed by atoms with Crippen LogP contribution in [0.5, 0.6) is 17.4 Å². The monoisotopic (exact) mass is 465 g/mol. The lowest BCUT2D eigenvalue weighted by atomic mass is 10.1. The molecule has 0 aliphatic carbocycles. The number of rotatable bonds is 12. The summed E-state index contributed by atoms with van der Waals surface area (Å²) in [7, 11) is 3.45. The normalized spacial score (nSPS) is 10.9. The first kappa shape index (κ1) is 23.3. The summed E-state index contributed by atoms with van der Waals surface area (Å²) in [5.74, 6) is 2.52. The second-order valence-electron chi connectivity index (χ2n) is 7.06. The molecule has 0 saturated carbocycles. The number of ether oxygens (including phenoxy) is 3. The summed E-state index contributed by atoms with van der Waals surface area (Å²) < 4.78 is 17.8. The molecule has 7 heteroatoms. The SMILES string of the molecule is CCCCCCCOc1nc(Br)c(-c2ccc(OC(C)C)cc2OC)nc1NC. The van der Waals surface area contributed by atoms with Crippen LogP contribution >= 0.6 is 15.9 Å². The van der Waals surface area contributed by atoms with Gasteiger partial charge in [-0.3, -0.25) is 0 Å². The maximum atomic E-state index is 5.88. The van der Waals surface area contributed by atoms with Gasteiger partial charge in [-0.2, -0.15) is 0 Å². The molecule has 1 N–H and O–H groups in total. The zero-order valence-corrected chi connectivity index (χ0v) is 19.6. The number of benzene rings is 1. The summed E-state index contributed by atoms with van der Waals surface area (Å²) in [6, 6.07) is 5.70. The van der Waals surface area contributed by atoms with Crippen molar-refractivity contribution in [3.63, 3.8) is 0 Å². The Morgan fingerprint density at radius 2 is 1.86 bits per heavy atom. The fourth-order valence-electron chi connectivity index (χ4n) is 2.92. The topological polar surface area (TPSA) is 65.5 Å². The highest BCUT2D eigenvalue weighted by atomic mass is 79.9. The van der Waals surface area contributed by atoms with E-state index in [1.165, 1.54) is 19.3 Å². The molecule has 0 aliphatic heterocycles. The van der Waals surface area contributed by atoms with Crippen LogP contribution in [0.2, 0.25) is 0 Å². The van der Waals surface area contributed by atoms with Crippen LogP contribution in [0.15, 0.2) is 22.8 Å². The maximum absolute atomic E-state index is 5.88. The van der Waals surface area contributed by atoms with Gasteiger partial charge in [-0.25, -0.2) is 9.97 Å². The molecule has 1 aromatic carbocycles. The number of nitrogens with zero attached hydrogens (tertiary/aromatic N) is 2. The minimum Gasteiger partial charge on any atom is -0.496 e. The fraction of sp³-hybridized carbons (Fsp3) is 0.545. The Labute approximate surface area is 182 Å². The van der Waals surface area contributed by atoms with Gasteiger partial charge < -0.3 is 19.5 Å². The average Bonchev–Trinajstić information content (AvgIpc) is 2.70. The van der Waals surface area contributed by atoms with Crippen molar-refractivity contribution in [2.45, 2.75) is 59.0 Å². The van der Waals surface area contributed by atoms with Crippen LogP contribution in [0.25, 0.3) is 11.3 Å². The van der Waals surface area contributed by atoms with Crippen molar-refractivity contribution in [2.24, 2.45) is 0 Å². The second kappa shape index (κ2) is 11.9. The highest BCUT2D eigenvalue weighted by Gasteiger charge is 2.18. The van der Waals surface area contributed by atoms with Crippen LogP contribution in [-0.4, -0.2) is 36.8 Å². The van der Waals surface area contributed by atoms with E-state index >= 15 is 0 Å². The molecule has 0 fully saturated rings. The summed E-state index contributed by atoms with van der Waals surface area (Å²) in [4.78, 5) is 9.31. The molecule has 0 bridgehead atoms. The van der Waals surface area contributed by atoms with Gasteiger partial charge in [0.2, 0.25) is 0 Å². The lowest BCUT2D eigenvalue weighted by Crippen LogP contribution is -2.07. The first-order valence-electron chi connectivity index (χ1n) is 10.2. The molecular weight excluding hydrogens is 434 g/mol. The molecule has 0 saturated heterocycles. The van der Waals surface area contributed by atoms with Crippen LogP contribution in [0.4, 0.5) is 5.82 Å². The van der Waals surface area contributed by atoms with E-state index in [0.717, 1.165) is 24.2 Å². The predicted molar refractivity (Wildman–Crippen MR) is 121 cm³/mol. The summed E-state index contributed by atoms with van der Waals surface area (Å²) in [5, 5.41) is 3.08. The minimum atomic E-state index is 0.0892. The Morgan fingerprint density at radius 3 is 2.52 bits per heavy atom. The van der Waals surface area contributed by atoms with Gasteiger partial charge in [-0.05, 0) is 48.3 Å². The first-order chi connectivity index (χ1) is 14.0. The number of hydrogen-bond donors (Lipinski definition) is 1. The van der Waals surface area contributed by atoms with Crippen LogP contribution in [0, 0.1) is 0 Å². The third-order valence-electron chi connectivity index (χ3n) is 4.34. The number of hydrogen-bond acceptors (Lipinski definition) is 6. The largest absolute Gasteiger partial charge is 0.496 e. The predicted octanol–water partition coefficient (Wildman–Crippen LogP) is 6.09. The molecule has 1 aromatic heterocycles. The summed E-state index contributed by atoms with van der Waals surface area (Å²) in [6.07, 6.45) is 6.01. The van der Waals surface area contributed by atoms with E-state index in [2.05, 4.69) is 33.2 Å². The van der Waals surface area contributed by atoms with Crippen molar-refractivity contribution in [2.75, 3.05) is 26.1 Å². The molecule has 0 spiro atoms. The number of aromatic nitrogens is 2. The van der Waals surface area contributed by atoms with Crippen molar-refractivity contribution in [3.05, 3.63) is 22.8 Å². The molecule has 0 radical (unpaired) electrons. The smallest absolute Gasteiger partial charge is 0.258 e. The summed E-state index contributed by atoms with van der Waals surface area (Å²) >= 11 is 3.54. The standard InChI is InChI=1S/C22H32BrN3O3/c1-6-7-8-9-10-13-28-22-21(24-4)25-19(20(23)26-22)17-12-11-16(29-15(2)3)14-18(17)27-5/h11-12,14-15H,6-10,13H2,1-5H3,(H,24,25). The van der Waals surface area contributed by atoms with Gasteiger partial charge in [0.15, 0.2) is 5.82 Å². The molecule has 160 valence electrons. The molecular formula is C22H32BrN3O3. The Bertz CT molecular complexity index is 784. The van der Waals surface area contributed by atoms with Gasteiger partial charge in [-0.1, -0.05) is 32.6 Å². The Kier molecular flexibility index (Phi) is 9.51. The van der Waals surface area contributed by atoms with Gasteiger partial charge in [0.25, 0.3) is 5.88 Å². The maximum Gasteiger partial charge on any atom is 0.258 e. The quantitative estimate of drug-likeness (QED) is 0.382. The molecule has 6 nitrogen and oxygen atoms in total. The summed E-state index contributed by atoms with van der Waals surface area (Å²) in [6.45, 7) is 6.82. The Morgan fingerprint density at radius 1 is 1.10 bits per heavy atom. The highest BCUT2D eigenvalue weighted by molar-refractivity contribution is 9.10. The zero-order chi connectivity index (χ0) is 21.2. The molecule has 0 atom stereocenters. The van der Waals surface area contributed by atoms with Crippen molar-refractivity contribution in [3.8, 4) is 28.6 Å². The number of anilines is 1. The Balaban J connectivity index is 2.21. The fourth-order valence-corrected chi connectivity index (χ4v) is 3.39. The van der Waals surface area contributed by atoms with E-state index in [4.69, 9.17) is 19.2 Å². The lowest BCUT2D eigenvalue weighted by molar-refractivity contribution is 0.241. The highest BCUT2D eigenvalue weighted by Crippen LogP contribution is 2.38. The number of halogens is 1. The van der Waals surface area contributed by atoms with Gasteiger partial charge in [-0.15, -0.1) is 0 Å². The van der Waals surface area contributed by atoms with Gasteiger partial charge in [0, 0.05) is 18.7 Å². The summed E-state index contributed by atoms with van der Waals surface area (Å²) in [5.41, 5.74) is 1.50. The van der Waals surface area contributed by atoms with E-state index in [1.807, 2.05) is 39.1 Å². The van der Waals surface area contributed by atoms with Crippen LogP contribution in [0.1, 0.15) is 52.9 Å². The second-order valence-corrected chi connectivity index (χ2v) is 7.81. The zero-order valence-electron chi connectivity index (χ0n) is 18.0. The molecule has 1 heterocycles. The number of methoxy groups -OCH3 is 1. The third kappa shape index (κ3) is 6.77. The van der Waals surface area contributed by atoms with E-state index in [-0.39, 0.29) is 6.10 Å². The van der Waals surface area contributed by atoms with Gasteiger partial charge >= 0.3 is 0 Å². The average molecular weight is 466 g/mol. The molecule has 0 aliphatic rings. The van der Waals surface area contributed by atoms with Crippen molar-refractivity contribution in [1.29, 1.82) is 0 Å².